The highest BCUT2D eigenvalue weighted by Crippen LogP contribution is 2.54. The Morgan fingerprint density at radius 1 is 1.03 bits per heavy atom. The highest BCUT2D eigenvalue weighted by atomic mass is 35.5. The number of fused-ring (bicyclic) bond motifs is 4. The smallest absolute Gasteiger partial charge is 0.250 e. The topological polar surface area (TPSA) is 122 Å². The van der Waals surface area contributed by atoms with Gasteiger partial charge in [0.1, 0.15) is 5.54 Å². The molecule has 1 spiro atoms. The normalized spacial score (nSPS) is 27.8. The summed E-state index contributed by atoms with van der Waals surface area (Å²) in [6.45, 7) is -0.00696. The van der Waals surface area contributed by atoms with Crippen LogP contribution in [0.1, 0.15) is 24.0 Å². The van der Waals surface area contributed by atoms with Crippen molar-refractivity contribution in [3.05, 3.63) is 63.6 Å². The molecule has 2 saturated heterocycles. The molecule has 0 aliphatic carbocycles. The van der Waals surface area contributed by atoms with Crippen molar-refractivity contribution < 1.29 is 19.2 Å². The summed E-state index contributed by atoms with van der Waals surface area (Å²) in [5.74, 6) is -3.70. The summed E-state index contributed by atoms with van der Waals surface area (Å²) in [7, 11) is 0. The lowest BCUT2D eigenvalue weighted by Gasteiger charge is -2.29. The lowest BCUT2D eigenvalue weighted by molar-refractivity contribution is -0.143. The van der Waals surface area contributed by atoms with Crippen LogP contribution < -0.4 is 16.4 Å². The van der Waals surface area contributed by atoms with Crippen molar-refractivity contribution in [3.8, 4) is 0 Å². The molecule has 8 nitrogen and oxygen atoms in total. The van der Waals surface area contributed by atoms with Crippen LogP contribution in [0.2, 0.25) is 10.0 Å². The maximum Gasteiger partial charge on any atom is 0.250 e. The number of benzene rings is 2. The molecule has 5 rings (SSSR count). The van der Waals surface area contributed by atoms with E-state index in [-0.39, 0.29) is 19.4 Å². The van der Waals surface area contributed by atoms with Crippen LogP contribution in [-0.2, 0) is 31.3 Å². The number of amides is 4. The van der Waals surface area contributed by atoms with Crippen molar-refractivity contribution in [3.63, 3.8) is 0 Å². The predicted molar refractivity (Wildman–Crippen MR) is 121 cm³/mol. The number of nitrogens with one attached hydrogen (secondary N) is 2. The minimum atomic E-state index is -1.48. The average Bonchev–Trinajstić information content (AvgIpc) is 3.35. The van der Waals surface area contributed by atoms with Gasteiger partial charge in [-0.3, -0.25) is 29.4 Å². The maximum absolute atomic E-state index is 13.7. The van der Waals surface area contributed by atoms with Gasteiger partial charge in [-0.2, -0.15) is 0 Å². The van der Waals surface area contributed by atoms with Gasteiger partial charge in [0.2, 0.25) is 23.6 Å². The molecule has 0 saturated carbocycles. The zero-order valence-corrected chi connectivity index (χ0v) is 18.8. The van der Waals surface area contributed by atoms with Crippen LogP contribution in [0, 0.1) is 11.8 Å². The van der Waals surface area contributed by atoms with E-state index in [1.54, 1.807) is 42.5 Å². The summed E-state index contributed by atoms with van der Waals surface area (Å²) in [6, 6.07) is 11.4. The summed E-state index contributed by atoms with van der Waals surface area (Å²) in [5.41, 5.74) is 5.41. The summed E-state index contributed by atoms with van der Waals surface area (Å²) in [4.78, 5) is 53.3. The van der Waals surface area contributed by atoms with Gasteiger partial charge >= 0.3 is 0 Å². The first-order valence-electron chi connectivity index (χ1n) is 10.5. The number of halogens is 2. The molecule has 0 aromatic heterocycles. The maximum atomic E-state index is 13.7. The van der Waals surface area contributed by atoms with Gasteiger partial charge in [0, 0.05) is 23.0 Å². The molecular weight excluding hydrogens is 467 g/mol. The van der Waals surface area contributed by atoms with Crippen LogP contribution in [0.25, 0.3) is 0 Å². The van der Waals surface area contributed by atoms with Gasteiger partial charge < -0.3 is 11.1 Å². The van der Waals surface area contributed by atoms with E-state index in [1.807, 2.05) is 0 Å². The zero-order chi connectivity index (χ0) is 23.5. The third-order valence-electron chi connectivity index (χ3n) is 6.78. The first kappa shape index (κ1) is 21.9. The summed E-state index contributed by atoms with van der Waals surface area (Å²) in [5, 5.41) is 6.79. The van der Waals surface area contributed by atoms with E-state index in [1.165, 1.54) is 0 Å². The standard InChI is InChI=1S/C23H20Cl2N4O4/c24-13-6-2-1-4-11(13)10-29-20(31)17-15(8-9-16(26)30)28-23(18(17)21(29)32)12-5-3-7-14(25)19(12)27-22(23)33/h1-7,15,17-18,28H,8-10H2,(H2,26,30)(H,27,33)/t15?,17-,18+,23?/m0/s1. The SMILES string of the molecule is NC(=O)CCC1NC2(C(=O)Nc3c(Cl)cccc32)[C@H]2C(=O)N(Cc3ccccc3Cl)C(=O)[C@@H]12. The Labute approximate surface area is 199 Å². The van der Waals surface area contributed by atoms with Crippen LogP contribution in [-0.4, -0.2) is 34.6 Å². The zero-order valence-electron chi connectivity index (χ0n) is 17.3. The van der Waals surface area contributed by atoms with E-state index in [0.717, 1.165) is 4.90 Å². The summed E-state index contributed by atoms with van der Waals surface area (Å²) in [6.07, 6.45) is 0.216. The number of rotatable bonds is 5. The molecule has 0 radical (unpaired) electrons. The number of carbonyl (C=O) groups excluding carboxylic acids is 4. The van der Waals surface area contributed by atoms with Crippen LogP contribution in [0.5, 0.6) is 0 Å². The number of hydrogen-bond donors (Lipinski definition) is 3. The highest BCUT2D eigenvalue weighted by Gasteiger charge is 2.70. The van der Waals surface area contributed by atoms with Gasteiger partial charge in [0.25, 0.3) is 0 Å². The monoisotopic (exact) mass is 486 g/mol. The number of nitrogens with two attached hydrogens (primary N) is 1. The molecule has 2 aromatic carbocycles. The fraction of sp³-hybridized carbons (Fsp3) is 0.304. The molecule has 0 bridgehead atoms. The number of nitrogens with zero attached hydrogens (tertiary/aromatic N) is 1. The van der Waals surface area contributed by atoms with Crippen molar-refractivity contribution in [2.45, 2.75) is 31.0 Å². The van der Waals surface area contributed by atoms with Gasteiger partial charge in [-0.1, -0.05) is 53.5 Å². The van der Waals surface area contributed by atoms with Crippen molar-refractivity contribution in [2.75, 3.05) is 5.32 Å². The molecule has 2 aromatic rings. The van der Waals surface area contributed by atoms with E-state index in [2.05, 4.69) is 10.6 Å². The first-order chi connectivity index (χ1) is 15.8. The molecule has 4 amide bonds. The largest absolute Gasteiger partial charge is 0.370 e. The van der Waals surface area contributed by atoms with Crippen LogP contribution >= 0.6 is 23.2 Å². The lowest BCUT2D eigenvalue weighted by Crippen LogP contribution is -2.53. The second kappa shape index (κ2) is 7.83. The molecule has 2 fully saturated rings. The van der Waals surface area contributed by atoms with Crippen molar-refractivity contribution in [1.29, 1.82) is 0 Å². The minimum Gasteiger partial charge on any atom is -0.370 e. The van der Waals surface area contributed by atoms with E-state index < -0.39 is 47.0 Å². The van der Waals surface area contributed by atoms with Crippen LogP contribution in [0.15, 0.2) is 42.5 Å². The van der Waals surface area contributed by atoms with Gasteiger partial charge in [0.15, 0.2) is 0 Å². The summed E-state index contributed by atoms with van der Waals surface area (Å²) < 4.78 is 0. The number of anilines is 1. The Morgan fingerprint density at radius 3 is 2.48 bits per heavy atom. The van der Waals surface area contributed by atoms with Gasteiger partial charge in [-0.15, -0.1) is 0 Å². The second-order valence-electron chi connectivity index (χ2n) is 8.54. The Bertz CT molecular complexity index is 1220. The van der Waals surface area contributed by atoms with Gasteiger partial charge in [-0.05, 0) is 24.1 Å². The Balaban J connectivity index is 1.60. The number of likely N-dealkylation sites (tertiary alicyclic amines) is 1. The number of para-hydroxylation sites is 1. The molecular formula is C23H20Cl2N4O4. The van der Waals surface area contributed by atoms with E-state index in [4.69, 9.17) is 28.9 Å². The molecule has 3 aliphatic rings. The Morgan fingerprint density at radius 2 is 1.76 bits per heavy atom. The Hall–Kier alpha value is -2.94. The molecule has 2 unspecified atom stereocenters. The number of primary amides is 1. The summed E-state index contributed by atoms with van der Waals surface area (Å²) >= 11 is 12.6. The predicted octanol–water partition coefficient (Wildman–Crippen LogP) is 2.18. The third-order valence-corrected chi connectivity index (χ3v) is 7.46. The minimum absolute atomic E-state index is 0.00692. The van der Waals surface area contributed by atoms with Crippen molar-refractivity contribution in [2.24, 2.45) is 17.6 Å². The fourth-order valence-corrected chi connectivity index (χ4v) is 5.77. The molecule has 33 heavy (non-hydrogen) atoms. The molecule has 3 aliphatic heterocycles. The third kappa shape index (κ3) is 3.16. The highest BCUT2D eigenvalue weighted by molar-refractivity contribution is 6.35. The second-order valence-corrected chi connectivity index (χ2v) is 9.35. The number of carbonyl (C=O) groups is 4. The van der Waals surface area contributed by atoms with Crippen molar-refractivity contribution in [1.82, 2.24) is 10.2 Å². The molecule has 10 heteroatoms. The quantitative estimate of drug-likeness (QED) is 0.559. The number of hydrogen-bond acceptors (Lipinski definition) is 5. The van der Waals surface area contributed by atoms with Gasteiger partial charge in [0.05, 0.1) is 29.1 Å². The lowest BCUT2D eigenvalue weighted by atomic mass is 9.76. The number of imide groups is 1. The molecule has 4 atom stereocenters. The average molecular weight is 487 g/mol. The first-order valence-corrected chi connectivity index (χ1v) is 11.3. The van der Waals surface area contributed by atoms with Crippen LogP contribution in [0.3, 0.4) is 0 Å². The van der Waals surface area contributed by atoms with Crippen molar-refractivity contribution >= 4 is 52.5 Å². The molecule has 170 valence electrons. The van der Waals surface area contributed by atoms with E-state index in [0.29, 0.717) is 26.9 Å². The Kier molecular flexibility index (Phi) is 5.19. The van der Waals surface area contributed by atoms with E-state index >= 15 is 0 Å². The molecule has 3 heterocycles. The van der Waals surface area contributed by atoms with E-state index in [9.17, 15) is 19.2 Å². The van der Waals surface area contributed by atoms with Gasteiger partial charge in [-0.25, -0.2) is 0 Å². The molecule has 4 N–H and O–H groups in total. The van der Waals surface area contributed by atoms with Crippen LogP contribution in [0.4, 0.5) is 5.69 Å². The fourth-order valence-electron chi connectivity index (χ4n) is 5.35.